The van der Waals surface area contributed by atoms with Gasteiger partial charge in [0.05, 0.1) is 22.7 Å². The van der Waals surface area contributed by atoms with Crippen molar-refractivity contribution in [3.05, 3.63) is 114 Å². The summed E-state index contributed by atoms with van der Waals surface area (Å²) in [4.78, 5) is 26.9. The Morgan fingerprint density at radius 3 is 2.38 bits per heavy atom. The number of carbonyl (C=O) groups excluding carboxylic acids is 1. The van der Waals surface area contributed by atoms with Crippen LogP contribution in [0, 0.1) is 11.3 Å². The highest BCUT2D eigenvalue weighted by Gasteiger charge is 2.16. The molecule has 0 aliphatic heterocycles. The van der Waals surface area contributed by atoms with Crippen molar-refractivity contribution >= 4 is 28.4 Å². The van der Waals surface area contributed by atoms with Crippen LogP contribution in [-0.4, -0.2) is 55.1 Å². The van der Waals surface area contributed by atoms with Crippen LogP contribution in [0.2, 0.25) is 0 Å². The van der Waals surface area contributed by atoms with Crippen LogP contribution in [0.25, 0.3) is 22.2 Å². The highest BCUT2D eigenvalue weighted by atomic mass is 16.5. The van der Waals surface area contributed by atoms with Crippen molar-refractivity contribution in [3.8, 4) is 23.1 Å². The fourth-order valence-corrected chi connectivity index (χ4v) is 4.49. The molecular weight excluding hydrogens is 524 g/mol. The van der Waals surface area contributed by atoms with Gasteiger partial charge in [0.1, 0.15) is 6.61 Å². The minimum atomic E-state index is -0.232. The Balaban J connectivity index is 1.37. The molecule has 0 aliphatic carbocycles. The Hall–Kier alpha value is -5.26. The molecule has 1 N–H and O–H groups in total. The van der Waals surface area contributed by atoms with Gasteiger partial charge < -0.3 is 19.9 Å². The maximum atomic E-state index is 13.1. The largest absolute Gasteiger partial charge is 0.474 e. The lowest BCUT2D eigenvalue weighted by Gasteiger charge is -2.22. The molecule has 210 valence electrons. The Kier molecular flexibility index (Phi) is 8.71. The van der Waals surface area contributed by atoms with Gasteiger partial charge in [0, 0.05) is 31.4 Å². The van der Waals surface area contributed by atoms with E-state index in [4.69, 9.17) is 14.7 Å². The topological polar surface area (TPSA) is 94.4 Å². The number of benzene rings is 4. The smallest absolute Gasteiger partial charge is 0.258 e. The average Bonchev–Trinajstić information content (AvgIpc) is 3.01. The van der Waals surface area contributed by atoms with Crippen LogP contribution in [0.5, 0.6) is 5.88 Å². The van der Waals surface area contributed by atoms with Gasteiger partial charge in [-0.15, -0.1) is 0 Å². The standard InChI is InChI=1S/C34H32N6O2/c1-39(2)18-19-42-34-32(40(3)23-24-8-5-4-6-9-24)37-31-21-29(16-17-30(31)38-34)36-33(41)27-14-12-26(13-15-27)28-11-7-10-25(20-28)22-35/h4-17,20-21H,18-19,23H2,1-3H3,(H,36,41). The zero-order valence-electron chi connectivity index (χ0n) is 23.9. The van der Waals surface area contributed by atoms with Crippen LogP contribution in [0.4, 0.5) is 11.5 Å². The molecule has 8 heteroatoms. The molecule has 4 aromatic carbocycles. The summed E-state index contributed by atoms with van der Waals surface area (Å²) in [5.74, 6) is 0.870. The highest BCUT2D eigenvalue weighted by Crippen LogP contribution is 2.29. The van der Waals surface area contributed by atoms with Crippen LogP contribution in [-0.2, 0) is 6.54 Å². The fraction of sp³-hybridized carbons (Fsp3) is 0.176. The van der Waals surface area contributed by atoms with Gasteiger partial charge in [0.15, 0.2) is 5.82 Å². The van der Waals surface area contributed by atoms with E-state index in [0.29, 0.717) is 52.7 Å². The lowest BCUT2D eigenvalue weighted by atomic mass is 10.0. The molecule has 5 aromatic rings. The average molecular weight is 557 g/mol. The molecule has 42 heavy (non-hydrogen) atoms. The zero-order valence-corrected chi connectivity index (χ0v) is 23.9. The van der Waals surface area contributed by atoms with E-state index < -0.39 is 0 Å². The fourth-order valence-electron chi connectivity index (χ4n) is 4.49. The van der Waals surface area contributed by atoms with Gasteiger partial charge in [-0.3, -0.25) is 4.79 Å². The summed E-state index contributed by atoms with van der Waals surface area (Å²) >= 11 is 0. The number of fused-ring (bicyclic) bond motifs is 1. The molecule has 0 atom stereocenters. The molecular formula is C34H32N6O2. The number of ether oxygens (including phenoxy) is 1. The van der Waals surface area contributed by atoms with E-state index in [1.54, 1.807) is 18.2 Å². The molecule has 0 fully saturated rings. The van der Waals surface area contributed by atoms with E-state index in [2.05, 4.69) is 28.4 Å². The Bertz CT molecular complexity index is 1730. The number of hydrogen-bond acceptors (Lipinski definition) is 7. The number of likely N-dealkylation sites (N-methyl/N-ethyl adjacent to an activating group) is 1. The summed E-state index contributed by atoms with van der Waals surface area (Å²) in [7, 11) is 5.96. The number of nitriles is 1. The van der Waals surface area contributed by atoms with Crippen LogP contribution in [0.1, 0.15) is 21.5 Å². The van der Waals surface area contributed by atoms with E-state index in [0.717, 1.165) is 23.2 Å². The van der Waals surface area contributed by atoms with Crippen molar-refractivity contribution < 1.29 is 9.53 Å². The molecule has 0 bridgehead atoms. The molecule has 0 saturated heterocycles. The summed E-state index contributed by atoms with van der Waals surface area (Å²) < 4.78 is 6.08. The summed E-state index contributed by atoms with van der Waals surface area (Å²) in [5.41, 5.74) is 6.05. The normalized spacial score (nSPS) is 10.8. The quantitative estimate of drug-likeness (QED) is 0.226. The molecule has 0 unspecified atom stereocenters. The first-order chi connectivity index (χ1) is 20.4. The van der Waals surface area contributed by atoms with Gasteiger partial charge in [-0.25, -0.2) is 9.97 Å². The monoisotopic (exact) mass is 556 g/mol. The summed E-state index contributed by atoms with van der Waals surface area (Å²) in [5, 5.41) is 12.2. The molecule has 1 aromatic heterocycles. The Morgan fingerprint density at radius 2 is 1.64 bits per heavy atom. The van der Waals surface area contributed by atoms with Crippen molar-refractivity contribution in [2.45, 2.75) is 6.54 Å². The second kappa shape index (κ2) is 12.9. The van der Waals surface area contributed by atoms with Crippen LogP contribution >= 0.6 is 0 Å². The highest BCUT2D eigenvalue weighted by molar-refractivity contribution is 6.05. The van der Waals surface area contributed by atoms with Crippen molar-refractivity contribution in [1.29, 1.82) is 5.26 Å². The molecule has 8 nitrogen and oxygen atoms in total. The number of anilines is 2. The molecule has 0 radical (unpaired) electrons. The Morgan fingerprint density at radius 1 is 0.857 bits per heavy atom. The number of aromatic nitrogens is 2. The molecule has 0 spiro atoms. The maximum absolute atomic E-state index is 13.1. The number of hydrogen-bond donors (Lipinski definition) is 1. The number of amides is 1. The SMILES string of the molecule is CN(C)CCOc1nc2ccc(NC(=O)c3ccc(-c4cccc(C#N)c4)cc3)cc2nc1N(C)Cc1ccccc1. The number of nitrogens with one attached hydrogen (secondary N) is 1. The van der Waals surface area contributed by atoms with E-state index in [1.165, 1.54) is 0 Å². The van der Waals surface area contributed by atoms with E-state index in [-0.39, 0.29) is 5.91 Å². The second-order valence-electron chi connectivity index (χ2n) is 10.3. The molecule has 5 rings (SSSR count). The van der Waals surface area contributed by atoms with Gasteiger partial charge in [-0.05, 0) is 73.3 Å². The number of nitrogens with zero attached hydrogens (tertiary/aromatic N) is 5. The summed E-state index contributed by atoms with van der Waals surface area (Å²) in [6.45, 7) is 1.87. The van der Waals surface area contributed by atoms with E-state index >= 15 is 0 Å². The predicted molar refractivity (Wildman–Crippen MR) is 167 cm³/mol. The molecule has 1 heterocycles. The van der Waals surface area contributed by atoms with Gasteiger partial charge in [0.2, 0.25) is 0 Å². The van der Waals surface area contributed by atoms with Gasteiger partial charge >= 0.3 is 0 Å². The maximum Gasteiger partial charge on any atom is 0.258 e. The predicted octanol–water partition coefficient (Wildman–Crippen LogP) is 6.00. The third-order valence-electron chi connectivity index (χ3n) is 6.75. The van der Waals surface area contributed by atoms with Crippen LogP contribution < -0.4 is 15.0 Å². The first-order valence-corrected chi connectivity index (χ1v) is 13.7. The lowest BCUT2D eigenvalue weighted by Crippen LogP contribution is -2.22. The first-order valence-electron chi connectivity index (χ1n) is 13.7. The summed E-state index contributed by atoms with van der Waals surface area (Å²) in [6, 6.07) is 32.5. The lowest BCUT2D eigenvalue weighted by molar-refractivity contribution is 0.102. The molecule has 0 saturated carbocycles. The van der Waals surface area contributed by atoms with Crippen LogP contribution in [0.3, 0.4) is 0 Å². The minimum Gasteiger partial charge on any atom is -0.474 e. The number of rotatable bonds is 10. The van der Waals surface area contributed by atoms with Crippen molar-refractivity contribution in [1.82, 2.24) is 14.9 Å². The van der Waals surface area contributed by atoms with Gasteiger partial charge in [-0.1, -0.05) is 54.6 Å². The van der Waals surface area contributed by atoms with Gasteiger partial charge in [0.25, 0.3) is 11.8 Å². The Labute approximate surface area is 245 Å². The number of carbonyl (C=O) groups is 1. The third kappa shape index (κ3) is 6.89. The molecule has 0 aliphatic rings. The van der Waals surface area contributed by atoms with Gasteiger partial charge in [-0.2, -0.15) is 5.26 Å². The second-order valence-corrected chi connectivity index (χ2v) is 10.3. The van der Waals surface area contributed by atoms with Crippen molar-refractivity contribution in [2.24, 2.45) is 0 Å². The van der Waals surface area contributed by atoms with Crippen LogP contribution in [0.15, 0.2) is 97.1 Å². The minimum absolute atomic E-state index is 0.232. The van der Waals surface area contributed by atoms with E-state index in [9.17, 15) is 10.1 Å². The van der Waals surface area contributed by atoms with Crippen molar-refractivity contribution in [2.75, 3.05) is 44.5 Å². The van der Waals surface area contributed by atoms with E-state index in [1.807, 2.05) is 92.8 Å². The first kappa shape index (κ1) is 28.3. The van der Waals surface area contributed by atoms with Crippen molar-refractivity contribution in [3.63, 3.8) is 0 Å². The summed E-state index contributed by atoms with van der Waals surface area (Å²) in [6.07, 6.45) is 0. The zero-order chi connectivity index (χ0) is 29.5. The third-order valence-corrected chi connectivity index (χ3v) is 6.75. The molecule has 1 amide bonds.